The molecule has 0 unspecified atom stereocenters. The Morgan fingerprint density at radius 3 is 2.62 bits per heavy atom. The molecule has 0 aliphatic carbocycles. The van der Waals surface area contributed by atoms with E-state index >= 15 is 0 Å². The highest BCUT2D eigenvalue weighted by molar-refractivity contribution is 7.69. The fourth-order valence-electron chi connectivity index (χ4n) is 2.64. The minimum Gasteiger partial charge on any atom is -0.307 e. The van der Waals surface area contributed by atoms with E-state index in [9.17, 15) is 17.6 Å². The molecule has 6 nitrogen and oxygen atoms in total. The molecule has 0 radical (unpaired) electrons. The molecule has 1 N–H and O–H groups in total. The topological polar surface area (TPSA) is 83.1 Å². The van der Waals surface area contributed by atoms with Gasteiger partial charge in [-0.3, -0.25) is 4.79 Å². The Morgan fingerprint density at radius 2 is 1.96 bits per heavy atom. The lowest BCUT2D eigenvalue weighted by atomic mass is 10.0. The number of aromatic amines is 1. The molecule has 2 aromatic heterocycles. The highest BCUT2D eigenvalue weighted by Gasteiger charge is 2.12. The fourth-order valence-corrected chi connectivity index (χ4v) is 3.13. The number of aromatic nitrogens is 2. The molecule has 0 atom stereocenters. The van der Waals surface area contributed by atoms with Gasteiger partial charge in [0.15, 0.2) is 0 Å². The van der Waals surface area contributed by atoms with Gasteiger partial charge < -0.3 is 4.98 Å². The molecule has 0 amide bonds. The molecule has 0 saturated heterocycles. The van der Waals surface area contributed by atoms with Gasteiger partial charge in [0.1, 0.15) is 11.5 Å². The smallest absolute Gasteiger partial charge is 0.249 e. The van der Waals surface area contributed by atoms with Gasteiger partial charge in [-0.05, 0) is 29.3 Å². The van der Waals surface area contributed by atoms with E-state index in [-0.39, 0.29) is 31.1 Å². The molecule has 1 aromatic carbocycles. The molecule has 0 bridgehead atoms. The second-order valence-corrected chi connectivity index (χ2v) is 6.51. The number of rotatable bonds is 5. The van der Waals surface area contributed by atoms with E-state index in [1.165, 1.54) is 16.4 Å². The zero-order valence-corrected chi connectivity index (χ0v) is 15.5. The molecule has 3 aromatic rings. The lowest BCUT2D eigenvalue weighted by Gasteiger charge is -2.14. The van der Waals surface area contributed by atoms with Crippen molar-refractivity contribution in [2.75, 3.05) is 6.54 Å². The van der Waals surface area contributed by atoms with Crippen LogP contribution in [0.5, 0.6) is 0 Å². The number of H-pyrrole nitrogens is 1. The second kappa shape index (κ2) is 8.39. The zero-order chi connectivity index (χ0) is 18.0. The van der Waals surface area contributed by atoms with Crippen LogP contribution in [0.1, 0.15) is 12.5 Å². The van der Waals surface area contributed by atoms with Crippen molar-refractivity contribution in [3.8, 4) is 11.1 Å². The monoisotopic (exact) mass is 397 g/mol. The van der Waals surface area contributed by atoms with Crippen molar-refractivity contribution in [3.63, 3.8) is 0 Å². The van der Waals surface area contributed by atoms with Crippen LogP contribution in [0, 0.1) is 5.82 Å². The molecular weight excluding hydrogens is 381 g/mol. The molecule has 9 heteroatoms. The molecule has 138 valence electrons. The number of pyridine rings is 2. The first-order valence-corrected chi connectivity index (χ1v) is 8.78. The van der Waals surface area contributed by atoms with Crippen molar-refractivity contribution in [1.82, 2.24) is 14.3 Å². The van der Waals surface area contributed by atoms with Crippen molar-refractivity contribution in [2.24, 2.45) is 0 Å². The highest BCUT2D eigenvalue weighted by Crippen LogP contribution is 2.27. The Morgan fingerprint density at radius 1 is 1.19 bits per heavy atom. The maximum atomic E-state index is 14.5. The van der Waals surface area contributed by atoms with E-state index < -0.39 is 16.7 Å². The number of nitrogens with one attached hydrogen (secondary N) is 1. The summed E-state index contributed by atoms with van der Waals surface area (Å²) in [6.45, 7) is 1.97. The van der Waals surface area contributed by atoms with Gasteiger partial charge >= 0.3 is 0 Å². The van der Waals surface area contributed by atoms with Crippen LogP contribution >= 0.6 is 12.4 Å². The molecular formula is C17H17ClFN3O3S. The summed E-state index contributed by atoms with van der Waals surface area (Å²) in [5.74, 6) is -0.484. The lowest BCUT2D eigenvalue weighted by Crippen LogP contribution is -2.21. The van der Waals surface area contributed by atoms with Crippen molar-refractivity contribution in [1.29, 1.82) is 0 Å². The normalized spacial score (nSPS) is 11.1. The largest absolute Gasteiger partial charge is 0.307 e. The standard InChI is InChI=1S/C17H16FN3O3S.ClH/c1-2-21(25(23)24)10-12-4-3-11(9-15(12)18)13-7-8-19-17-14(13)5-6-16(22)20-17;/h3-9,25H,2,10H2,1H3,(H,19,20,22);1H. The van der Waals surface area contributed by atoms with E-state index in [4.69, 9.17) is 0 Å². The van der Waals surface area contributed by atoms with Crippen LogP contribution in [0.2, 0.25) is 0 Å². The first kappa shape index (κ1) is 20.0. The summed E-state index contributed by atoms with van der Waals surface area (Å²) in [5, 5.41) is 0.701. The predicted octanol–water partition coefficient (Wildman–Crippen LogP) is 2.50. The lowest BCUT2D eigenvalue weighted by molar-refractivity contribution is 0.430. The number of fused-ring (bicyclic) bond motifs is 1. The van der Waals surface area contributed by atoms with Crippen LogP contribution in [-0.2, 0) is 17.4 Å². The van der Waals surface area contributed by atoms with Gasteiger partial charge in [-0.1, -0.05) is 19.1 Å². The number of halogens is 2. The number of thiol groups is 1. The van der Waals surface area contributed by atoms with E-state index in [2.05, 4.69) is 9.97 Å². The van der Waals surface area contributed by atoms with Crippen LogP contribution in [0.25, 0.3) is 22.2 Å². The quantitative estimate of drug-likeness (QED) is 0.648. The molecule has 0 aliphatic rings. The van der Waals surface area contributed by atoms with Crippen molar-refractivity contribution in [3.05, 3.63) is 64.3 Å². The van der Waals surface area contributed by atoms with Gasteiger partial charge in [-0.15, -0.1) is 12.4 Å². The summed E-state index contributed by atoms with van der Waals surface area (Å²) in [5.41, 5.74) is 1.82. The van der Waals surface area contributed by atoms with E-state index in [1.54, 1.807) is 37.4 Å². The Balaban J connectivity index is 0.00000243. The molecule has 0 aliphatic heterocycles. The van der Waals surface area contributed by atoms with Gasteiger partial charge in [0.05, 0.1) is 0 Å². The van der Waals surface area contributed by atoms with Gasteiger partial charge in [-0.2, -0.15) is 4.31 Å². The average Bonchev–Trinajstić information content (AvgIpc) is 2.59. The highest BCUT2D eigenvalue weighted by atomic mass is 35.5. The van der Waals surface area contributed by atoms with Gasteiger partial charge in [0, 0.05) is 36.3 Å². The number of hydrogen-bond acceptors (Lipinski definition) is 4. The summed E-state index contributed by atoms with van der Waals surface area (Å²) >= 11 is 0. The molecule has 26 heavy (non-hydrogen) atoms. The fraction of sp³-hybridized carbons (Fsp3) is 0.176. The molecule has 0 spiro atoms. The van der Waals surface area contributed by atoms with Gasteiger partial charge in [0.25, 0.3) is 0 Å². The van der Waals surface area contributed by atoms with Crippen molar-refractivity contribution < 1.29 is 12.8 Å². The molecule has 0 saturated carbocycles. The Labute approximate surface area is 157 Å². The van der Waals surface area contributed by atoms with E-state index in [0.29, 0.717) is 22.2 Å². The second-order valence-electron chi connectivity index (χ2n) is 5.47. The third-order valence-corrected chi connectivity index (χ3v) is 4.83. The number of hydrogen-bond donors (Lipinski definition) is 2. The van der Waals surface area contributed by atoms with Crippen molar-refractivity contribution >= 4 is 34.3 Å². The minimum absolute atomic E-state index is 0. The van der Waals surface area contributed by atoms with E-state index in [1.807, 2.05) is 0 Å². The average molecular weight is 398 g/mol. The predicted molar refractivity (Wildman–Crippen MR) is 101 cm³/mol. The first-order chi connectivity index (χ1) is 12.0. The minimum atomic E-state index is -2.75. The maximum Gasteiger partial charge on any atom is 0.249 e. The van der Waals surface area contributed by atoms with Crippen LogP contribution in [0.4, 0.5) is 4.39 Å². The summed E-state index contributed by atoms with van der Waals surface area (Å²) < 4.78 is 37.9. The van der Waals surface area contributed by atoms with Gasteiger partial charge in [-0.25, -0.2) is 17.8 Å². The van der Waals surface area contributed by atoms with Crippen LogP contribution in [0.15, 0.2) is 47.4 Å². The third-order valence-electron chi connectivity index (χ3n) is 3.95. The summed E-state index contributed by atoms with van der Waals surface area (Å²) in [4.78, 5) is 18.2. The SMILES string of the molecule is CCN(Cc1ccc(-c2ccnc3[nH]c(=O)ccc23)cc1F)[SH](=O)=O.Cl. The summed E-state index contributed by atoms with van der Waals surface area (Å²) in [7, 11) is -2.75. The zero-order valence-electron chi connectivity index (χ0n) is 13.8. The van der Waals surface area contributed by atoms with Crippen LogP contribution in [0.3, 0.4) is 0 Å². The Hall–Kier alpha value is -2.29. The van der Waals surface area contributed by atoms with E-state index in [0.717, 1.165) is 5.56 Å². The Kier molecular flexibility index (Phi) is 6.47. The molecule has 3 rings (SSSR count). The molecule has 0 fully saturated rings. The Bertz CT molecular complexity index is 1060. The number of benzene rings is 1. The first-order valence-electron chi connectivity index (χ1n) is 7.65. The van der Waals surface area contributed by atoms with Gasteiger partial charge in [0.2, 0.25) is 16.4 Å². The van der Waals surface area contributed by atoms with Crippen LogP contribution < -0.4 is 5.56 Å². The number of nitrogens with zero attached hydrogens (tertiary/aromatic N) is 2. The van der Waals surface area contributed by atoms with Crippen molar-refractivity contribution in [2.45, 2.75) is 13.5 Å². The third kappa shape index (κ3) is 4.09. The van der Waals surface area contributed by atoms with Crippen LogP contribution in [-0.4, -0.2) is 29.2 Å². The summed E-state index contributed by atoms with van der Waals surface area (Å²) in [6.07, 6.45) is 1.54. The summed E-state index contributed by atoms with van der Waals surface area (Å²) in [6, 6.07) is 9.43. The maximum absolute atomic E-state index is 14.5. The molecule has 2 heterocycles.